The molecule has 2 aliphatic carbocycles. The van der Waals surface area contributed by atoms with Gasteiger partial charge in [-0.2, -0.15) is 0 Å². The molecule has 14 heavy (non-hydrogen) atoms. The van der Waals surface area contributed by atoms with Crippen LogP contribution in [-0.4, -0.2) is 11.5 Å². The Kier molecular flexibility index (Phi) is 1.93. The molecule has 1 N–H and O–H groups in total. The number of rotatable bonds is 4. The molecule has 2 saturated carbocycles. The molecular formula is C12H16N2. The number of hydrogen-bond acceptors (Lipinski definition) is 2. The molecule has 2 nitrogen and oxygen atoms in total. The van der Waals surface area contributed by atoms with Crippen LogP contribution < -0.4 is 5.32 Å². The van der Waals surface area contributed by atoms with Crippen molar-refractivity contribution in [2.24, 2.45) is 17.8 Å². The van der Waals surface area contributed by atoms with Gasteiger partial charge in [-0.05, 0) is 49.1 Å². The summed E-state index contributed by atoms with van der Waals surface area (Å²) in [6.45, 7) is 1.16. The van der Waals surface area contributed by atoms with E-state index in [-0.39, 0.29) is 0 Å². The van der Waals surface area contributed by atoms with Gasteiger partial charge < -0.3 is 5.32 Å². The summed E-state index contributed by atoms with van der Waals surface area (Å²) < 4.78 is 0. The molecule has 2 unspecified atom stereocenters. The zero-order valence-electron chi connectivity index (χ0n) is 8.32. The van der Waals surface area contributed by atoms with Crippen LogP contribution in [0.1, 0.15) is 19.3 Å². The van der Waals surface area contributed by atoms with Crippen molar-refractivity contribution >= 4 is 5.69 Å². The second kappa shape index (κ2) is 3.26. The van der Waals surface area contributed by atoms with Crippen molar-refractivity contribution in [2.75, 3.05) is 11.9 Å². The van der Waals surface area contributed by atoms with Crippen LogP contribution in [0, 0.1) is 17.8 Å². The highest BCUT2D eigenvalue weighted by Crippen LogP contribution is 2.54. The van der Waals surface area contributed by atoms with E-state index in [1.54, 1.807) is 0 Å². The second-order valence-corrected chi connectivity index (χ2v) is 4.61. The van der Waals surface area contributed by atoms with Crippen LogP contribution in [0.2, 0.25) is 0 Å². The molecular weight excluding hydrogens is 172 g/mol. The first-order chi connectivity index (χ1) is 6.93. The maximum atomic E-state index is 4.00. The molecule has 0 amide bonds. The Balaban J connectivity index is 1.47. The van der Waals surface area contributed by atoms with Gasteiger partial charge in [0.15, 0.2) is 0 Å². The van der Waals surface area contributed by atoms with E-state index in [2.05, 4.69) is 10.3 Å². The Hall–Kier alpha value is -1.05. The van der Waals surface area contributed by atoms with E-state index in [0.717, 1.165) is 24.3 Å². The first kappa shape index (κ1) is 8.27. The Morgan fingerprint density at radius 3 is 2.79 bits per heavy atom. The third-order valence-electron chi connectivity index (χ3n) is 3.45. The molecule has 0 bridgehead atoms. The summed E-state index contributed by atoms with van der Waals surface area (Å²) in [5.74, 6) is 3.11. The molecule has 1 aromatic heterocycles. The van der Waals surface area contributed by atoms with E-state index in [1.807, 2.05) is 24.5 Å². The zero-order valence-corrected chi connectivity index (χ0v) is 8.32. The van der Waals surface area contributed by atoms with Gasteiger partial charge >= 0.3 is 0 Å². The van der Waals surface area contributed by atoms with Crippen molar-refractivity contribution < 1.29 is 0 Å². The van der Waals surface area contributed by atoms with Crippen molar-refractivity contribution in [3.63, 3.8) is 0 Å². The predicted molar refractivity (Wildman–Crippen MR) is 57.0 cm³/mol. The fourth-order valence-corrected chi connectivity index (χ4v) is 2.33. The molecule has 0 aliphatic heterocycles. The molecule has 2 fully saturated rings. The van der Waals surface area contributed by atoms with Gasteiger partial charge in [-0.25, -0.2) is 0 Å². The number of nitrogens with one attached hydrogen (secondary N) is 1. The van der Waals surface area contributed by atoms with Crippen molar-refractivity contribution in [2.45, 2.75) is 19.3 Å². The zero-order chi connectivity index (χ0) is 9.38. The normalized spacial score (nSPS) is 30.0. The molecule has 2 aliphatic rings. The number of anilines is 1. The molecule has 0 saturated heterocycles. The molecule has 74 valence electrons. The van der Waals surface area contributed by atoms with Gasteiger partial charge in [-0.1, -0.05) is 0 Å². The summed E-state index contributed by atoms with van der Waals surface area (Å²) in [5, 5.41) is 3.48. The lowest BCUT2D eigenvalue weighted by Crippen LogP contribution is -2.05. The highest BCUT2D eigenvalue weighted by atomic mass is 14.9. The van der Waals surface area contributed by atoms with E-state index in [4.69, 9.17) is 0 Å². The molecule has 0 spiro atoms. The lowest BCUT2D eigenvalue weighted by molar-refractivity contribution is 0.643. The van der Waals surface area contributed by atoms with E-state index in [1.165, 1.54) is 24.9 Å². The summed E-state index contributed by atoms with van der Waals surface area (Å²) in [6.07, 6.45) is 8.14. The van der Waals surface area contributed by atoms with E-state index < -0.39 is 0 Å². The molecule has 1 heterocycles. The van der Waals surface area contributed by atoms with Gasteiger partial charge in [-0.15, -0.1) is 0 Å². The Labute approximate surface area is 84.7 Å². The van der Waals surface area contributed by atoms with Crippen molar-refractivity contribution in [3.8, 4) is 0 Å². The minimum Gasteiger partial charge on any atom is -0.385 e. The first-order valence-corrected chi connectivity index (χ1v) is 5.57. The smallest absolute Gasteiger partial charge is 0.0371 e. The van der Waals surface area contributed by atoms with Crippen LogP contribution in [0.5, 0.6) is 0 Å². The summed E-state index contributed by atoms with van der Waals surface area (Å²) >= 11 is 0. The Morgan fingerprint density at radius 1 is 1.29 bits per heavy atom. The number of pyridine rings is 1. The fourth-order valence-electron chi connectivity index (χ4n) is 2.33. The lowest BCUT2D eigenvalue weighted by atomic mass is 10.2. The van der Waals surface area contributed by atoms with Crippen LogP contribution in [-0.2, 0) is 0 Å². The Bertz CT molecular complexity index is 305. The van der Waals surface area contributed by atoms with Gasteiger partial charge in [-0.3, -0.25) is 4.98 Å². The topological polar surface area (TPSA) is 24.9 Å². The van der Waals surface area contributed by atoms with Crippen molar-refractivity contribution in [3.05, 3.63) is 24.5 Å². The number of aromatic nitrogens is 1. The van der Waals surface area contributed by atoms with Crippen LogP contribution in [0.4, 0.5) is 5.69 Å². The monoisotopic (exact) mass is 188 g/mol. The van der Waals surface area contributed by atoms with Gasteiger partial charge in [0.25, 0.3) is 0 Å². The van der Waals surface area contributed by atoms with Crippen molar-refractivity contribution in [1.29, 1.82) is 0 Å². The van der Waals surface area contributed by atoms with E-state index >= 15 is 0 Å². The van der Waals surface area contributed by atoms with Crippen LogP contribution in [0.15, 0.2) is 24.5 Å². The molecule has 0 radical (unpaired) electrons. The SMILES string of the molecule is c1cc(NCC2CC2C2CC2)ccn1. The fraction of sp³-hybridized carbons (Fsp3) is 0.583. The summed E-state index contributed by atoms with van der Waals surface area (Å²) in [4.78, 5) is 4.00. The summed E-state index contributed by atoms with van der Waals surface area (Å²) in [6, 6.07) is 4.07. The summed E-state index contributed by atoms with van der Waals surface area (Å²) in [5.41, 5.74) is 1.21. The van der Waals surface area contributed by atoms with Gasteiger partial charge in [0, 0.05) is 24.6 Å². The predicted octanol–water partition coefficient (Wildman–Crippen LogP) is 2.54. The largest absolute Gasteiger partial charge is 0.385 e. The Morgan fingerprint density at radius 2 is 2.07 bits per heavy atom. The molecule has 2 heteroatoms. The third kappa shape index (κ3) is 1.74. The maximum absolute atomic E-state index is 4.00. The highest BCUT2D eigenvalue weighted by molar-refractivity contribution is 5.40. The first-order valence-electron chi connectivity index (χ1n) is 5.57. The molecule has 3 rings (SSSR count). The maximum Gasteiger partial charge on any atom is 0.0371 e. The summed E-state index contributed by atoms with van der Waals surface area (Å²) in [7, 11) is 0. The van der Waals surface area contributed by atoms with Crippen LogP contribution in [0.25, 0.3) is 0 Å². The molecule has 1 aromatic rings. The standard InChI is InChI=1S/C12H16N2/c1-2-9(1)12-7-10(12)8-14-11-3-5-13-6-4-11/h3-6,9-10,12H,1-2,7-8H2,(H,13,14). The lowest BCUT2D eigenvalue weighted by Gasteiger charge is -2.04. The van der Waals surface area contributed by atoms with Gasteiger partial charge in [0.1, 0.15) is 0 Å². The minimum absolute atomic E-state index is 0.954. The highest BCUT2D eigenvalue weighted by Gasteiger charge is 2.46. The van der Waals surface area contributed by atoms with Gasteiger partial charge in [0.05, 0.1) is 0 Å². The number of nitrogens with zero attached hydrogens (tertiary/aromatic N) is 1. The average Bonchev–Trinajstić information content (AvgIpc) is 3.09. The van der Waals surface area contributed by atoms with E-state index in [9.17, 15) is 0 Å². The van der Waals surface area contributed by atoms with Crippen LogP contribution in [0.3, 0.4) is 0 Å². The van der Waals surface area contributed by atoms with Crippen LogP contribution >= 0.6 is 0 Å². The van der Waals surface area contributed by atoms with Crippen molar-refractivity contribution in [1.82, 2.24) is 4.98 Å². The molecule has 2 atom stereocenters. The van der Waals surface area contributed by atoms with Gasteiger partial charge in [0.2, 0.25) is 0 Å². The quantitative estimate of drug-likeness (QED) is 0.785. The minimum atomic E-state index is 0.954. The molecule has 0 aromatic carbocycles. The van der Waals surface area contributed by atoms with E-state index in [0.29, 0.717) is 0 Å². The second-order valence-electron chi connectivity index (χ2n) is 4.61. The average molecular weight is 188 g/mol. The number of hydrogen-bond donors (Lipinski definition) is 1. The third-order valence-corrected chi connectivity index (χ3v) is 3.45.